The van der Waals surface area contributed by atoms with E-state index in [1.807, 2.05) is 11.3 Å². The molecule has 74 valence electrons. The Balaban J connectivity index is 2.45. The van der Waals surface area contributed by atoms with Gasteiger partial charge in [-0.1, -0.05) is 31.5 Å². The van der Waals surface area contributed by atoms with Crippen molar-refractivity contribution < 1.29 is 0 Å². The Bertz CT molecular complexity index is 431. The highest BCUT2D eigenvalue weighted by molar-refractivity contribution is 14.1. The van der Waals surface area contributed by atoms with Gasteiger partial charge in [0.15, 0.2) is 0 Å². The van der Waals surface area contributed by atoms with Crippen LogP contribution in [0.1, 0.15) is 25.3 Å². The van der Waals surface area contributed by atoms with Gasteiger partial charge in [0.1, 0.15) is 0 Å². The quantitative estimate of drug-likeness (QED) is 0.710. The van der Waals surface area contributed by atoms with E-state index in [-0.39, 0.29) is 0 Å². The maximum absolute atomic E-state index is 2.47. The second kappa shape index (κ2) is 4.62. The lowest BCUT2D eigenvalue weighted by molar-refractivity contribution is 0.798. The van der Waals surface area contributed by atoms with Crippen molar-refractivity contribution >= 4 is 44.0 Å². The Morgan fingerprint density at radius 3 is 2.86 bits per heavy atom. The highest BCUT2D eigenvalue weighted by Crippen LogP contribution is 2.33. The lowest BCUT2D eigenvalue weighted by Gasteiger charge is -1.98. The van der Waals surface area contributed by atoms with Gasteiger partial charge in [0, 0.05) is 4.70 Å². The van der Waals surface area contributed by atoms with Crippen LogP contribution < -0.4 is 0 Å². The summed E-state index contributed by atoms with van der Waals surface area (Å²) in [6.45, 7) is 2.25. The molecule has 0 aliphatic carbocycles. The molecule has 0 amide bonds. The largest absolute Gasteiger partial charge is 0.129 e. The number of fused-ring (bicyclic) bond motifs is 1. The van der Waals surface area contributed by atoms with Crippen LogP contribution in [0.15, 0.2) is 24.3 Å². The molecular weight excluding hydrogens is 303 g/mol. The molecule has 0 fully saturated rings. The van der Waals surface area contributed by atoms with Crippen LogP contribution in [0, 0.1) is 2.88 Å². The zero-order valence-corrected chi connectivity index (χ0v) is 11.2. The predicted molar refractivity (Wildman–Crippen MR) is 73.2 cm³/mol. The lowest BCUT2D eigenvalue weighted by atomic mass is 10.1. The zero-order chi connectivity index (χ0) is 9.97. The average Bonchev–Trinajstić information content (AvgIpc) is 2.51. The van der Waals surface area contributed by atoms with Crippen molar-refractivity contribution in [2.24, 2.45) is 0 Å². The first-order valence-electron chi connectivity index (χ1n) is 4.99. The first kappa shape index (κ1) is 10.4. The van der Waals surface area contributed by atoms with Crippen LogP contribution in [0.4, 0.5) is 0 Å². The fourth-order valence-electron chi connectivity index (χ4n) is 1.66. The molecule has 0 atom stereocenters. The lowest BCUT2D eigenvalue weighted by Crippen LogP contribution is -1.84. The molecule has 0 aliphatic rings. The van der Waals surface area contributed by atoms with Gasteiger partial charge in [-0.2, -0.15) is 0 Å². The van der Waals surface area contributed by atoms with Gasteiger partial charge in [-0.3, -0.25) is 0 Å². The van der Waals surface area contributed by atoms with Crippen molar-refractivity contribution in [3.63, 3.8) is 0 Å². The molecule has 2 rings (SSSR count). The molecule has 2 aromatic rings. The molecule has 14 heavy (non-hydrogen) atoms. The average molecular weight is 316 g/mol. The maximum atomic E-state index is 2.47. The van der Waals surface area contributed by atoms with E-state index in [0.717, 1.165) is 0 Å². The minimum Gasteiger partial charge on any atom is -0.129 e. The summed E-state index contributed by atoms with van der Waals surface area (Å²) in [4.78, 5) is 0. The molecule has 0 aliphatic heterocycles. The normalized spacial score (nSPS) is 11.0. The van der Waals surface area contributed by atoms with E-state index in [2.05, 4.69) is 53.8 Å². The van der Waals surface area contributed by atoms with Gasteiger partial charge in [-0.25, -0.2) is 0 Å². The number of halogens is 1. The maximum Gasteiger partial charge on any atom is 0.0697 e. The number of thiophene rings is 1. The molecule has 0 radical (unpaired) electrons. The fourth-order valence-corrected chi connectivity index (χ4v) is 3.90. The van der Waals surface area contributed by atoms with Crippen LogP contribution in [0.25, 0.3) is 10.1 Å². The summed E-state index contributed by atoms with van der Waals surface area (Å²) in [5, 5.41) is 1.47. The number of benzene rings is 1. The van der Waals surface area contributed by atoms with E-state index >= 15 is 0 Å². The van der Waals surface area contributed by atoms with Gasteiger partial charge < -0.3 is 0 Å². The van der Waals surface area contributed by atoms with Crippen LogP contribution in [0.2, 0.25) is 0 Å². The Kier molecular flexibility index (Phi) is 3.44. The highest BCUT2D eigenvalue weighted by atomic mass is 127. The standard InChI is InChI=1S/C12H13IS/c1-2-3-6-10-9-7-4-5-8-11(9)14-12(10)13/h4-5,7-8H,2-3,6H2,1H3. The van der Waals surface area contributed by atoms with Crippen LogP contribution in [-0.2, 0) is 6.42 Å². The van der Waals surface area contributed by atoms with Crippen molar-refractivity contribution in [2.75, 3.05) is 0 Å². The third kappa shape index (κ3) is 1.96. The minimum absolute atomic E-state index is 1.23. The first-order chi connectivity index (χ1) is 6.83. The summed E-state index contributed by atoms with van der Waals surface area (Å²) in [5.74, 6) is 0. The van der Waals surface area contributed by atoms with E-state index < -0.39 is 0 Å². The molecular formula is C12H13IS. The molecule has 2 heteroatoms. The molecule has 1 aromatic heterocycles. The highest BCUT2D eigenvalue weighted by Gasteiger charge is 2.08. The number of hydrogen-bond donors (Lipinski definition) is 0. The summed E-state index contributed by atoms with van der Waals surface area (Å²) in [6.07, 6.45) is 3.82. The molecule has 0 N–H and O–H groups in total. The summed E-state index contributed by atoms with van der Waals surface area (Å²) in [5.41, 5.74) is 1.56. The van der Waals surface area contributed by atoms with E-state index in [1.165, 1.54) is 32.2 Å². The second-order valence-electron chi connectivity index (χ2n) is 3.45. The SMILES string of the molecule is CCCCc1c(I)sc2ccccc12. The van der Waals surface area contributed by atoms with Crippen molar-refractivity contribution in [1.82, 2.24) is 0 Å². The third-order valence-electron chi connectivity index (χ3n) is 2.43. The molecule has 1 aromatic carbocycles. The van der Waals surface area contributed by atoms with Crippen molar-refractivity contribution in [2.45, 2.75) is 26.2 Å². The number of rotatable bonds is 3. The minimum atomic E-state index is 1.23. The van der Waals surface area contributed by atoms with E-state index in [1.54, 1.807) is 5.56 Å². The van der Waals surface area contributed by atoms with Crippen molar-refractivity contribution in [3.8, 4) is 0 Å². The summed E-state index contributed by atoms with van der Waals surface area (Å²) in [6, 6.07) is 8.73. The van der Waals surface area contributed by atoms with Crippen molar-refractivity contribution in [1.29, 1.82) is 0 Å². The summed E-state index contributed by atoms with van der Waals surface area (Å²) in [7, 11) is 0. The third-order valence-corrected chi connectivity index (χ3v) is 4.74. The van der Waals surface area contributed by atoms with Crippen LogP contribution in [0.5, 0.6) is 0 Å². The molecule has 0 unspecified atom stereocenters. The molecule has 0 spiro atoms. The van der Waals surface area contributed by atoms with Gasteiger partial charge in [-0.15, -0.1) is 11.3 Å². The number of hydrogen-bond acceptors (Lipinski definition) is 1. The molecule has 0 saturated heterocycles. The van der Waals surface area contributed by atoms with Gasteiger partial charge in [-0.05, 0) is 52.4 Å². The van der Waals surface area contributed by atoms with Gasteiger partial charge in [0.05, 0.1) is 2.88 Å². The number of unbranched alkanes of at least 4 members (excludes halogenated alkanes) is 1. The summed E-state index contributed by atoms with van der Waals surface area (Å²) < 4.78 is 2.90. The van der Waals surface area contributed by atoms with Gasteiger partial charge >= 0.3 is 0 Å². The predicted octanol–water partition coefficient (Wildman–Crippen LogP) is 4.85. The molecule has 0 nitrogen and oxygen atoms in total. The van der Waals surface area contributed by atoms with E-state index in [4.69, 9.17) is 0 Å². The second-order valence-corrected chi connectivity index (χ2v) is 6.32. The van der Waals surface area contributed by atoms with E-state index in [0.29, 0.717) is 0 Å². The Hall–Kier alpha value is -0.0900. The first-order valence-corrected chi connectivity index (χ1v) is 6.88. The van der Waals surface area contributed by atoms with Gasteiger partial charge in [0.25, 0.3) is 0 Å². The molecule has 0 saturated carbocycles. The van der Waals surface area contributed by atoms with Crippen LogP contribution >= 0.6 is 33.9 Å². The number of aryl methyl sites for hydroxylation is 1. The fraction of sp³-hybridized carbons (Fsp3) is 0.333. The molecule has 1 heterocycles. The Morgan fingerprint density at radius 1 is 1.29 bits per heavy atom. The summed E-state index contributed by atoms with van der Waals surface area (Å²) >= 11 is 4.39. The van der Waals surface area contributed by atoms with Crippen LogP contribution in [0.3, 0.4) is 0 Å². The zero-order valence-electron chi connectivity index (χ0n) is 8.22. The van der Waals surface area contributed by atoms with E-state index in [9.17, 15) is 0 Å². The molecule has 0 bridgehead atoms. The topological polar surface area (TPSA) is 0 Å². The Labute approximate surface area is 102 Å². The van der Waals surface area contributed by atoms with Crippen LogP contribution in [-0.4, -0.2) is 0 Å². The van der Waals surface area contributed by atoms with Gasteiger partial charge in [0.2, 0.25) is 0 Å². The monoisotopic (exact) mass is 316 g/mol. The Morgan fingerprint density at radius 2 is 2.07 bits per heavy atom. The smallest absolute Gasteiger partial charge is 0.0697 e. The van der Waals surface area contributed by atoms with Crippen molar-refractivity contribution in [3.05, 3.63) is 32.7 Å².